The number of hydrogen-bond acceptors (Lipinski definition) is 3. The summed E-state index contributed by atoms with van der Waals surface area (Å²) in [6.07, 6.45) is 4.82. The van der Waals surface area contributed by atoms with Gasteiger partial charge in [-0.25, -0.2) is 0 Å². The third-order valence-electron chi connectivity index (χ3n) is 2.30. The maximum absolute atomic E-state index is 8.60. The predicted molar refractivity (Wildman–Crippen MR) is 66.4 cm³/mol. The Labute approximate surface area is 96.8 Å². The van der Waals surface area contributed by atoms with Gasteiger partial charge in [-0.1, -0.05) is 0 Å². The van der Waals surface area contributed by atoms with Crippen LogP contribution in [0.4, 0.5) is 0 Å². The van der Waals surface area contributed by atoms with Crippen molar-refractivity contribution < 1.29 is 9.84 Å². The standard InChI is InChI=1S/C13H19NO2/c1-16-13-7-5-12(6-8-13)11-14-9-3-2-4-10-15/h5-8,11,15H,2-4,9-10H2,1H3. The normalized spacial score (nSPS) is 10.9. The van der Waals surface area contributed by atoms with Crippen LogP contribution in [0.5, 0.6) is 5.75 Å². The van der Waals surface area contributed by atoms with E-state index in [0.29, 0.717) is 0 Å². The highest BCUT2D eigenvalue weighted by molar-refractivity contribution is 5.79. The average Bonchev–Trinajstić information content (AvgIpc) is 2.34. The second-order valence-electron chi connectivity index (χ2n) is 3.59. The number of aliphatic hydroxyl groups is 1. The minimum atomic E-state index is 0.280. The van der Waals surface area contributed by atoms with Gasteiger partial charge in [0.25, 0.3) is 0 Å². The van der Waals surface area contributed by atoms with Crippen LogP contribution in [0.1, 0.15) is 24.8 Å². The van der Waals surface area contributed by atoms with Gasteiger partial charge in [-0.05, 0) is 49.1 Å². The summed E-state index contributed by atoms with van der Waals surface area (Å²) in [5, 5.41) is 8.60. The number of nitrogens with zero attached hydrogens (tertiary/aromatic N) is 1. The Hall–Kier alpha value is -1.35. The third kappa shape index (κ3) is 4.94. The second kappa shape index (κ2) is 7.88. The zero-order chi connectivity index (χ0) is 11.6. The van der Waals surface area contributed by atoms with E-state index in [0.717, 1.165) is 37.1 Å². The smallest absolute Gasteiger partial charge is 0.118 e. The molecule has 1 rings (SSSR count). The second-order valence-corrected chi connectivity index (χ2v) is 3.59. The molecule has 3 nitrogen and oxygen atoms in total. The molecular weight excluding hydrogens is 202 g/mol. The fourth-order valence-electron chi connectivity index (χ4n) is 1.35. The summed E-state index contributed by atoms with van der Waals surface area (Å²) in [6, 6.07) is 7.81. The molecule has 0 aromatic heterocycles. The number of benzene rings is 1. The van der Waals surface area contributed by atoms with Crippen LogP contribution in [0, 0.1) is 0 Å². The van der Waals surface area contributed by atoms with Crippen LogP contribution in [0.3, 0.4) is 0 Å². The van der Waals surface area contributed by atoms with Gasteiger partial charge >= 0.3 is 0 Å². The Morgan fingerprint density at radius 3 is 2.56 bits per heavy atom. The molecular formula is C13H19NO2. The molecule has 0 aliphatic carbocycles. The van der Waals surface area contributed by atoms with Crippen LogP contribution in [0.15, 0.2) is 29.3 Å². The number of hydrogen-bond donors (Lipinski definition) is 1. The number of rotatable bonds is 7. The van der Waals surface area contributed by atoms with Crippen LogP contribution >= 0.6 is 0 Å². The van der Waals surface area contributed by atoms with E-state index in [-0.39, 0.29) is 6.61 Å². The molecule has 0 heterocycles. The summed E-state index contributed by atoms with van der Waals surface area (Å²) in [5.41, 5.74) is 1.09. The van der Waals surface area contributed by atoms with Gasteiger partial charge in [0, 0.05) is 19.4 Å². The van der Waals surface area contributed by atoms with Crippen molar-refractivity contribution in [3.05, 3.63) is 29.8 Å². The Kier molecular flexibility index (Phi) is 6.26. The molecule has 0 amide bonds. The van der Waals surface area contributed by atoms with Crippen molar-refractivity contribution >= 4 is 6.21 Å². The summed E-state index contributed by atoms with van der Waals surface area (Å²) in [7, 11) is 1.66. The lowest BCUT2D eigenvalue weighted by atomic mass is 10.2. The molecule has 1 aromatic carbocycles. The molecule has 1 N–H and O–H groups in total. The maximum Gasteiger partial charge on any atom is 0.118 e. The molecule has 0 fully saturated rings. The fraction of sp³-hybridized carbons (Fsp3) is 0.462. The Morgan fingerprint density at radius 1 is 1.19 bits per heavy atom. The van der Waals surface area contributed by atoms with E-state index in [4.69, 9.17) is 9.84 Å². The molecule has 0 saturated heterocycles. The van der Waals surface area contributed by atoms with Crippen molar-refractivity contribution in [1.82, 2.24) is 0 Å². The van der Waals surface area contributed by atoms with Crippen molar-refractivity contribution in [2.75, 3.05) is 20.3 Å². The summed E-state index contributed by atoms with van der Waals surface area (Å²) in [6.45, 7) is 1.11. The van der Waals surface area contributed by atoms with Crippen molar-refractivity contribution in [2.45, 2.75) is 19.3 Å². The minimum absolute atomic E-state index is 0.280. The van der Waals surface area contributed by atoms with Crippen molar-refractivity contribution in [2.24, 2.45) is 4.99 Å². The summed E-state index contributed by atoms with van der Waals surface area (Å²) in [5.74, 6) is 0.861. The van der Waals surface area contributed by atoms with Gasteiger partial charge in [0.05, 0.1) is 7.11 Å². The molecule has 0 saturated carbocycles. The topological polar surface area (TPSA) is 41.8 Å². The van der Waals surface area contributed by atoms with Gasteiger partial charge in [0.1, 0.15) is 5.75 Å². The lowest BCUT2D eigenvalue weighted by Gasteiger charge is -1.99. The SMILES string of the molecule is COc1ccc(C=NCCCCCO)cc1. The Bertz CT molecular complexity index is 306. The number of methoxy groups -OCH3 is 1. The predicted octanol–water partition coefficient (Wildman–Crippen LogP) is 2.28. The highest BCUT2D eigenvalue weighted by atomic mass is 16.5. The lowest BCUT2D eigenvalue weighted by molar-refractivity contribution is 0.283. The van der Waals surface area contributed by atoms with Gasteiger partial charge in [-0.3, -0.25) is 4.99 Å². The molecule has 0 bridgehead atoms. The first kappa shape index (κ1) is 12.7. The highest BCUT2D eigenvalue weighted by Crippen LogP contribution is 2.09. The fourth-order valence-corrected chi connectivity index (χ4v) is 1.35. The largest absolute Gasteiger partial charge is 0.497 e. The monoisotopic (exact) mass is 221 g/mol. The molecule has 0 aliphatic heterocycles. The lowest BCUT2D eigenvalue weighted by Crippen LogP contribution is -1.88. The van der Waals surface area contributed by atoms with Crippen LogP contribution in [-0.2, 0) is 0 Å². The number of aliphatic hydroxyl groups excluding tert-OH is 1. The average molecular weight is 221 g/mol. The van der Waals surface area contributed by atoms with Gasteiger partial charge in [0.15, 0.2) is 0 Å². The van der Waals surface area contributed by atoms with E-state index in [1.54, 1.807) is 7.11 Å². The van der Waals surface area contributed by atoms with E-state index in [9.17, 15) is 0 Å². The number of unbranched alkanes of at least 4 members (excludes halogenated alkanes) is 2. The number of ether oxygens (including phenoxy) is 1. The van der Waals surface area contributed by atoms with Crippen LogP contribution in [0.2, 0.25) is 0 Å². The molecule has 0 spiro atoms. The van der Waals surface area contributed by atoms with E-state index in [1.165, 1.54) is 0 Å². The van der Waals surface area contributed by atoms with Crippen LogP contribution in [0.25, 0.3) is 0 Å². The van der Waals surface area contributed by atoms with E-state index >= 15 is 0 Å². The Balaban J connectivity index is 2.27. The molecule has 16 heavy (non-hydrogen) atoms. The zero-order valence-corrected chi connectivity index (χ0v) is 9.72. The zero-order valence-electron chi connectivity index (χ0n) is 9.72. The Morgan fingerprint density at radius 2 is 1.94 bits per heavy atom. The van der Waals surface area contributed by atoms with Crippen LogP contribution in [-0.4, -0.2) is 31.6 Å². The molecule has 0 aliphatic rings. The van der Waals surface area contributed by atoms with Crippen molar-refractivity contribution in [3.63, 3.8) is 0 Å². The van der Waals surface area contributed by atoms with Gasteiger partial charge in [-0.15, -0.1) is 0 Å². The van der Waals surface area contributed by atoms with Gasteiger partial charge in [-0.2, -0.15) is 0 Å². The maximum atomic E-state index is 8.60. The first-order valence-electron chi connectivity index (χ1n) is 5.61. The molecule has 0 unspecified atom stereocenters. The highest BCUT2D eigenvalue weighted by Gasteiger charge is 1.90. The molecule has 88 valence electrons. The third-order valence-corrected chi connectivity index (χ3v) is 2.30. The minimum Gasteiger partial charge on any atom is -0.497 e. The summed E-state index contributed by atoms with van der Waals surface area (Å²) in [4.78, 5) is 4.32. The first-order chi connectivity index (χ1) is 7.86. The van der Waals surface area contributed by atoms with Gasteiger partial charge < -0.3 is 9.84 Å². The summed E-state index contributed by atoms with van der Waals surface area (Å²) < 4.78 is 5.07. The van der Waals surface area contributed by atoms with E-state index in [2.05, 4.69) is 4.99 Å². The van der Waals surface area contributed by atoms with Crippen LogP contribution < -0.4 is 4.74 Å². The molecule has 0 atom stereocenters. The van der Waals surface area contributed by atoms with Crippen molar-refractivity contribution in [3.8, 4) is 5.75 Å². The molecule has 0 radical (unpaired) electrons. The first-order valence-corrected chi connectivity index (χ1v) is 5.61. The molecule has 3 heteroatoms. The summed E-state index contributed by atoms with van der Waals surface area (Å²) >= 11 is 0. The number of aliphatic imine (C=N–C) groups is 1. The molecule has 1 aromatic rings. The van der Waals surface area contributed by atoms with E-state index in [1.807, 2.05) is 30.5 Å². The van der Waals surface area contributed by atoms with E-state index < -0.39 is 0 Å². The quantitative estimate of drug-likeness (QED) is 0.567. The van der Waals surface area contributed by atoms with Crippen molar-refractivity contribution in [1.29, 1.82) is 0 Å². The van der Waals surface area contributed by atoms with Gasteiger partial charge in [0.2, 0.25) is 0 Å².